The van der Waals surface area contributed by atoms with Crippen LogP contribution in [0.4, 0.5) is 0 Å². The monoisotopic (exact) mass is 768 g/mol. The number of Topliss-reactive ketones (excluding diaryl/α,β-unsaturated/α-hetero) is 4. The van der Waals surface area contributed by atoms with Crippen LogP contribution in [0.15, 0.2) is 132 Å². The van der Waals surface area contributed by atoms with Crippen LogP contribution >= 0.6 is 45.3 Å². The Hall–Kier alpha value is -5.90. The van der Waals surface area contributed by atoms with Crippen LogP contribution < -0.4 is 0 Å². The first-order chi connectivity index (χ1) is 27.2. The standard InChI is InChI=1S/C46H22O4S4/c47-43-31-13-23-5-1-2-6-24(23)14-32(31)44(48)35(43)21-29-9-11-37(51-29)41-19-27-17-40-28(18-39(27)53-41)20-42(54-40)38-12-10-30(52-38)22-36-45(49)33-15-25-7-3-4-8-26(25)16-34(33)46(36)50/h1-22H/i21D,22D. The van der Waals surface area contributed by atoms with Gasteiger partial charge in [-0.25, -0.2) is 0 Å². The molecule has 0 fully saturated rings. The summed E-state index contributed by atoms with van der Waals surface area (Å²) >= 11 is 6.10. The molecule has 4 heterocycles. The minimum absolute atomic E-state index is 0.0451. The molecular formula is C46H22O4S4. The first-order valence-corrected chi connectivity index (χ1v) is 20.3. The van der Waals surface area contributed by atoms with Gasteiger partial charge in [-0.3, -0.25) is 19.2 Å². The third-order valence-electron chi connectivity index (χ3n) is 10.0. The van der Waals surface area contributed by atoms with Crippen molar-refractivity contribution in [3.05, 3.63) is 164 Å². The minimum Gasteiger partial charge on any atom is -0.288 e. The van der Waals surface area contributed by atoms with E-state index >= 15 is 0 Å². The zero-order valence-corrected chi connectivity index (χ0v) is 31.1. The van der Waals surface area contributed by atoms with Crippen molar-refractivity contribution < 1.29 is 21.9 Å². The van der Waals surface area contributed by atoms with Crippen LogP contribution in [0.25, 0.3) is 73.3 Å². The van der Waals surface area contributed by atoms with Crippen molar-refractivity contribution in [1.29, 1.82) is 0 Å². The summed E-state index contributed by atoms with van der Waals surface area (Å²) in [6.45, 7) is 0. The molecule has 5 aromatic carbocycles. The summed E-state index contributed by atoms with van der Waals surface area (Å²) in [5, 5.41) is 5.71. The predicted molar refractivity (Wildman–Crippen MR) is 225 cm³/mol. The number of thiophene rings is 4. The van der Waals surface area contributed by atoms with Crippen LogP contribution in [0.1, 0.15) is 53.9 Å². The molecule has 0 saturated carbocycles. The second-order valence-electron chi connectivity index (χ2n) is 13.3. The number of carbonyl (C=O) groups is 4. The summed E-state index contributed by atoms with van der Waals surface area (Å²) in [5.41, 5.74) is 1.26. The van der Waals surface area contributed by atoms with Gasteiger partial charge in [-0.05, 0) is 117 Å². The van der Waals surface area contributed by atoms with E-state index in [1.54, 1.807) is 46.9 Å². The Kier molecular flexibility index (Phi) is 6.46. The van der Waals surface area contributed by atoms with Crippen LogP contribution in [-0.4, -0.2) is 23.1 Å². The van der Waals surface area contributed by atoms with E-state index in [1.165, 1.54) is 22.7 Å². The zero-order valence-electron chi connectivity index (χ0n) is 29.8. The molecule has 54 heavy (non-hydrogen) atoms. The fourth-order valence-corrected chi connectivity index (χ4v) is 11.5. The third kappa shape index (κ3) is 4.92. The number of benzene rings is 5. The molecule has 254 valence electrons. The lowest BCUT2D eigenvalue weighted by molar-refractivity contribution is 0.0975. The zero-order chi connectivity index (χ0) is 38.0. The molecule has 2 aliphatic rings. The molecule has 0 aliphatic heterocycles. The molecule has 0 unspecified atom stereocenters. The summed E-state index contributed by atoms with van der Waals surface area (Å²) in [6, 6.07) is 38.3. The fraction of sp³-hybridized carbons (Fsp3) is 0. The van der Waals surface area contributed by atoms with Crippen LogP contribution in [0.2, 0.25) is 0 Å². The van der Waals surface area contributed by atoms with E-state index in [0.29, 0.717) is 32.0 Å². The van der Waals surface area contributed by atoms with Gasteiger partial charge < -0.3 is 0 Å². The van der Waals surface area contributed by atoms with E-state index < -0.39 is 23.1 Å². The highest BCUT2D eigenvalue weighted by Gasteiger charge is 2.34. The molecule has 0 amide bonds. The highest BCUT2D eigenvalue weighted by atomic mass is 32.1. The van der Waals surface area contributed by atoms with Crippen molar-refractivity contribution in [2.75, 3.05) is 0 Å². The van der Waals surface area contributed by atoms with Crippen molar-refractivity contribution in [3.8, 4) is 19.5 Å². The molecule has 0 saturated heterocycles. The number of hydrogen-bond donors (Lipinski definition) is 0. The Morgan fingerprint density at radius 1 is 0.370 bits per heavy atom. The van der Waals surface area contributed by atoms with Gasteiger partial charge in [0.05, 0.1) is 13.9 Å². The van der Waals surface area contributed by atoms with Crippen molar-refractivity contribution in [2.24, 2.45) is 0 Å². The topological polar surface area (TPSA) is 68.3 Å². The quantitative estimate of drug-likeness (QED) is 0.132. The van der Waals surface area contributed by atoms with E-state index in [1.807, 2.05) is 72.8 Å². The number of fused-ring (bicyclic) bond motifs is 6. The first kappa shape index (κ1) is 29.5. The molecular weight excluding hydrogens is 745 g/mol. The SMILES string of the molecule is [2H]C(=C1C(=O)c2cc3ccccc3cc2C1=O)c1ccc(-c2cc3cc4sc(-c5ccc(C([2H])=C6C(=O)c7cc8ccccc8cc7C6=O)s5)cc4cc3s2)s1. The molecule has 0 N–H and O–H groups in total. The third-order valence-corrected chi connectivity index (χ3v) is 14.6. The number of hydrogen-bond acceptors (Lipinski definition) is 8. The van der Waals surface area contributed by atoms with E-state index in [0.717, 1.165) is 61.2 Å². The largest absolute Gasteiger partial charge is 0.288 e. The van der Waals surface area contributed by atoms with Gasteiger partial charge in [-0.15, -0.1) is 45.3 Å². The summed E-state index contributed by atoms with van der Waals surface area (Å²) in [5.74, 6) is -1.59. The summed E-state index contributed by atoms with van der Waals surface area (Å²) in [7, 11) is 0. The van der Waals surface area contributed by atoms with Crippen LogP contribution in [0, 0.1) is 0 Å². The van der Waals surface area contributed by atoms with Gasteiger partial charge in [-0.1, -0.05) is 48.5 Å². The van der Waals surface area contributed by atoms with E-state index in [9.17, 15) is 19.2 Å². The molecule has 9 aromatic rings. The lowest BCUT2D eigenvalue weighted by atomic mass is 10.0. The Morgan fingerprint density at radius 2 is 0.722 bits per heavy atom. The average molecular weight is 769 g/mol. The van der Waals surface area contributed by atoms with E-state index in [4.69, 9.17) is 2.74 Å². The van der Waals surface area contributed by atoms with Crippen molar-refractivity contribution in [2.45, 2.75) is 0 Å². The van der Waals surface area contributed by atoms with Gasteiger partial charge in [0.15, 0.2) is 23.1 Å². The molecule has 8 heteroatoms. The van der Waals surface area contributed by atoms with Crippen LogP contribution in [-0.2, 0) is 0 Å². The van der Waals surface area contributed by atoms with Crippen molar-refractivity contribution in [1.82, 2.24) is 0 Å². The number of allylic oxidation sites excluding steroid dienone is 2. The molecule has 11 rings (SSSR count). The molecule has 2 aliphatic carbocycles. The Labute approximate surface area is 326 Å². The Morgan fingerprint density at radius 3 is 1.07 bits per heavy atom. The van der Waals surface area contributed by atoms with Crippen LogP contribution in [0.3, 0.4) is 0 Å². The molecule has 0 atom stereocenters. The van der Waals surface area contributed by atoms with Crippen molar-refractivity contribution in [3.63, 3.8) is 0 Å². The molecule has 0 radical (unpaired) electrons. The maximum absolute atomic E-state index is 13.4. The maximum Gasteiger partial charge on any atom is 0.197 e. The second kappa shape index (κ2) is 11.8. The molecule has 0 bridgehead atoms. The van der Waals surface area contributed by atoms with Gasteiger partial charge in [0.1, 0.15) is 0 Å². The van der Waals surface area contributed by atoms with Crippen molar-refractivity contribution >= 4 is 122 Å². The van der Waals surface area contributed by atoms with Gasteiger partial charge in [0.25, 0.3) is 0 Å². The van der Waals surface area contributed by atoms with Crippen LogP contribution in [0.5, 0.6) is 0 Å². The minimum atomic E-state index is -0.396. The lowest BCUT2D eigenvalue weighted by Crippen LogP contribution is -1.99. The highest BCUT2D eigenvalue weighted by molar-refractivity contribution is 7.27. The smallest absolute Gasteiger partial charge is 0.197 e. The maximum atomic E-state index is 13.4. The fourth-order valence-electron chi connectivity index (χ4n) is 7.34. The van der Waals surface area contributed by atoms with Gasteiger partial charge in [-0.2, -0.15) is 0 Å². The average Bonchev–Trinajstić information content (AvgIpc) is 4.07. The molecule has 4 aromatic heterocycles. The lowest BCUT2D eigenvalue weighted by Gasteiger charge is -2.00. The number of carbonyl (C=O) groups excluding carboxylic acids is 4. The first-order valence-electron chi connectivity index (χ1n) is 18.0. The number of ketones is 4. The molecule has 0 spiro atoms. The van der Waals surface area contributed by atoms with Gasteiger partial charge in [0.2, 0.25) is 0 Å². The molecule has 4 nitrogen and oxygen atoms in total. The van der Waals surface area contributed by atoms with Gasteiger partial charge in [0, 0.05) is 60.9 Å². The normalized spacial score (nSPS) is 14.5. The van der Waals surface area contributed by atoms with E-state index in [-0.39, 0.29) is 23.3 Å². The Balaban J connectivity index is 0.872. The Bertz CT molecular complexity index is 2990. The highest BCUT2D eigenvalue weighted by Crippen LogP contribution is 2.44. The summed E-state index contributed by atoms with van der Waals surface area (Å²) < 4.78 is 20.1. The summed E-state index contributed by atoms with van der Waals surface area (Å²) in [4.78, 5) is 58.8. The van der Waals surface area contributed by atoms with Gasteiger partial charge >= 0.3 is 0 Å². The second-order valence-corrected chi connectivity index (χ2v) is 17.6. The van der Waals surface area contributed by atoms with E-state index in [2.05, 4.69) is 24.3 Å². The summed E-state index contributed by atoms with van der Waals surface area (Å²) in [6.07, 6.45) is 0. The number of rotatable bonds is 4. The predicted octanol–water partition coefficient (Wildman–Crippen LogP) is 12.8.